The van der Waals surface area contributed by atoms with Crippen LogP contribution in [0.2, 0.25) is 0 Å². The van der Waals surface area contributed by atoms with Gasteiger partial charge in [-0.15, -0.1) is 35.3 Å². The fourth-order valence-electron chi connectivity index (χ4n) is 2.17. The number of aromatic nitrogens is 1. The number of hydrogen-bond donors (Lipinski definition) is 2. The average molecular weight is 462 g/mol. The maximum absolute atomic E-state index is 13.5. The number of halogens is 2. The van der Waals surface area contributed by atoms with Crippen LogP contribution >= 0.6 is 35.3 Å². The van der Waals surface area contributed by atoms with Crippen LogP contribution in [-0.2, 0) is 12.8 Å². The van der Waals surface area contributed by atoms with Crippen LogP contribution in [0.4, 0.5) is 4.39 Å². The zero-order valence-electron chi connectivity index (χ0n) is 14.2. The third-order valence-corrected chi connectivity index (χ3v) is 4.70. The van der Waals surface area contributed by atoms with Crippen LogP contribution in [-0.4, -0.2) is 31.1 Å². The Balaban J connectivity index is 0.00000288. The number of thiazole rings is 1. The molecule has 0 bridgehead atoms. The smallest absolute Gasteiger partial charge is 0.191 e. The zero-order chi connectivity index (χ0) is 16.7. The Morgan fingerprint density at radius 2 is 1.83 bits per heavy atom. The summed E-state index contributed by atoms with van der Waals surface area (Å²) in [5, 5.41) is 7.60. The summed E-state index contributed by atoms with van der Waals surface area (Å²) in [6.45, 7) is 5.53. The Kier molecular flexibility index (Phi) is 9.20. The Hall–Kier alpha value is -1.22. The van der Waals surface area contributed by atoms with Crippen molar-refractivity contribution < 1.29 is 4.39 Å². The van der Waals surface area contributed by atoms with Crippen molar-refractivity contribution in [3.63, 3.8) is 0 Å². The van der Waals surface area contributed by atoms with E-state index < -0.39 is 0 Å². The number of aryl methyl sites for hydroxylation is 2. The lowest BCUT2D eigenvalue weighted by molar-refractivity contribution is 0.606. The lowest BCUT2D eigenvalue weighted by atomic mass is 10.1. The molecule has 1 aromatic carbocycles. The summed E-state index contributed by atoms with van der Waals surface area (Å²) in [5.74, 6) is 0.568. The molecule has 2 aromatic rings. The Labute approximate surface area is 164 Å². The largest absolute Gasteiger partial charge is 0.356 e. The summed E-state index contributed by atoms with van der Waals surface area (Å²) < 4.78 is 13.5. The minimum atomic E-state index is -0.160. The molecule has 0 aliphatic rings. The molecule has 24 heavy (non-hydrogen) atoms. The second-order valence-electron chi connectivity index (χ2n) is 5.27. The van der Waals surface area contributed by atoms with Gasteiger partial charge in [-0.2, -0.15) is 0 Å². The fraction of sp³-hybridized carbons (Fsp3) is 0.412. The molecule has 2 N–H and O–H groups in total. The highest BCUT2D eigenvalue weighted by molar-refractivity contribution is 14.0. The summed E-state index contributed by atoms with van der Waals surface area (Å²) in [7, 11) is 1.73. The SMILES string of the molecule is CN=C(NCCc1nc(C)c(C)s1)NCCc1ccccc1F.I. The first-order chi connectivity index (χ1) is 11.1. The van der Waals surface area contributed by atoms with Gasteiger partial charge >= 0.3 is 0 Å². The van der Waals surface area contributed by atoms with Crippen molar-refractivity contribution in [2.24, 2.45) is 4.99 Å². The number of benzene rings is 1. The lowest BCUT2D eigenvalue weighted by Crippen LogP contribution is -2.39. The molecule has 1 aromatic heterocycles. The van der Waals surface area contributed by atoms with Gasteiger partial charge in [-0.3, -0.25) is 4.99 Å². The molecule has 1 heterocycles. The predicted octanol–water partition coefficient (Wildman–Crippen LogP) is 3.47. The molecule has 0 aliphatic carbocycles. The van der Waals surface area contributed by atoms with Crippen LogP contribution in [0.3, 0.4) is 0 Å². The van der Waals surface area contributed by atoms with E-state index in [0.29, 0.717) is 18.5 Å². The fourth-order valence-corrected chi connectivity index (χ4v) is 3.10. The molecule has 4 nitrogen and oxygen atoms in total. The summed E-state index contributed by atoms with van der Waals surface area (Å²) >= 11 is 1.74. The summed E-state index contributed by atoms with van der Waals surface area (Å²) in [5.41, 5.74) is 1.82. The minimum absolute atomic E-state index is 0. The molecule has 132 valence electrons. The van der Waals surface area contributed by atoms with E-state index in [1.165, 1.54) is 10.9 Å². The van der Waals surface area contributed by atoms with Crippen LogP contribution in [0.15, 0.2) is 29.3 Å². The van der Waals surface area contributed by atoms with Crippen molar-refractivity contribution in [2.75, 3.05) is 20.1 Å². The molecule has 0 atom stereocenters. The van der Waals surface area contributed by atoms with Gasteiger partial charge in [0.15, 0.2) is 5.96 Å². The standard InChI is InChI=1S/C17H23FN4S.HI/c1-12-13(2)23-16(22-12)9-11-21-17(19-3)20-10-8-14-6-4-5-7-15(14)18;/h4-7H,8-11H2,1-3H3,(H2,19,20,21);1H. The molecule has 0 saturated heterocycles. The van der Waals surface area contributed by atoms with Gasteiger partial charge in [0.1, 0.15) is 5.82 Å². The van der Waals surface area contributed by atoms with Crippen molar-refractivity contribution in [1.29, 1.82) is 0 Å². The average Bonchev–Trinajstić information content (AvgIpc) is 2.86. The zero-order valence-corrected chi connectivity index (χ0v) is 17.4. The van der Waals surface area contributed by atoms with E-state index in [2.05, 4.69) is 27.5 Å². The Morgan fingerprint density at radius 3 is 2.42 bits per heavy atom. The quantitative estimate of drug-likeness (QED) is 0.393. The van der Waals surface area contributed by atoms with E-state index in [1.54, 1.807) is 30.5 Å². The van der Waals surface area contributed by atoms with E-state index in [-0.39, 0.29) is 29.8 Å². The summed E-state index contributed by atoms with van der Waals surface area (Å²) in [6, 6.07) is 6.85. The third kappa shape index (κ3) is 6.35. The minimum Gasteiger partial charge on any atom is -0.356 e. The van der Waals surface area contributed by atoms with Crippen LogP contribution in [0.1, 0.15) is 21.1 Å². The second kappa shape index (κ2) is 10.6. The van der Waals surface area contributed by atoms with Crippen molar-refractivity contribution in [2.45, 2.75) is 26.7 Å². The van der Waals surface area contributed by atoms with E-state index in [1.807, 2.05) is 13.0 Å². The van der Waals surface area contributed by atoms with E-state index in [9.17, 15) is 4.39 Å². The van der Waals surface area contributed by atoms with Gasteiger partial charge in [0.25, 0.3) is 0 Å². The predicted molar refractivity (Wildman–Crippen MR) is 110 cm³/mol. The molecule has 7 heteroatoms. The van der Waals surface area contributed by atoms with E-state index >= 15 is 0 Å². The highest BCUT2D eigenvalue weighted by atomic mass is 127. The number of guanidine groups is 1. The molecule has 0 saturated carbocycles. The van der Waals surface area contributed by atoms with Crippen molar-refractivity contribution in [3.05, 3.63) is 51.2 Å². The molecular formula is C17H24FIN4S. The number of hydrogen-bond acceptors (Lipinski definition) is 3. The lowest BCUT2D eigenvalue weighted by Gasteiger charge is -2.11. The van der Waals surface area contributed by atoms with Gasteiger partial charge in [0.05, 0.1) is 10.7 Å². The normalized spacial score (nSPS) is 11.1. The highest BCUT2D eigenvalue weighted by Crippen LogP contribution is 2.16. The van der Waals surface area contributed by atoms with Crippen molar-refractivity contribution >= 4 is 41.3 Å². The monoisotopic (exact) mass is 462 g/mol. The Bertz CT molecular complexity index is 653. The molecule has 0 fully saturated rings. The molecule has 0 aliphatic heterocycles. The van der Waals surface area contributed by atoms with Gasteiger partial charge in [-0.25, -0.2) is 9.37 Å². The second-order valence-corrected chi connectivity index (χ2v) is 6.55. The van der Waals surface area contributed by atoms with E-state index in [0.717, 1.165) is 29.6 Å². The maximum atomic E-state index is 13.5. The molecule has 2 rings (SSSR count). The molecule has 0 unspecified atom stereocenters. The number of rotatable bonds is 6. The van der Waals surface area contributed by atoms with Gasteiger partial charge in [0.2, 0.25) is 0 Å². The maximum Gasteiger partial charge on any atom is 0.191 e. The van der Waals surface area contributed by atoms with Crippen LogP contribution in [0, 0.1) is 19.7 Å². The number of nitrogens with zero attached hydrogens (tertiary/aromatic N) is 2. The molecule has 0 amide bonds. The van der Waals surface area contributed by atoms with Crippen molar-refractivity contribution in [3.8, 4) is 0 Å². The number of aliphatic imine (C=N–C) groups is 1. The first kappa shape index (κ1) is 20.8. The Morgan fingerprint density at radius 1 is 1.17 bits per heavy atom. The van der Waals surface area contributed by atoms with Gasteiger partial charge < -0.3 is 10.6 Å². The topological polar surface area (TPSA) is 49.3 Å². The van der Waals surface area contributed by atoms with Gasteiger partial charge in [0, 0.05) is 31.4 Å². The first-order valence-corrected chi connectivity index (χ1v) is 8.52. The highest BCUT2D eigenvalue weighted by Gasteiger charge is 2.05. The summed E-state index contributed by atoms with van der Waals surface area (Å²) in [4.78, 5) is 9.97. The van der Waals surface area contributed by atoms with E-state index in [4.69, 9.17) is 0 Å². The molecule has 0 spiro atoms. The summed E-state index contributed by atoms with van der Waals surface area (Å²) in [6.07, 6.45) is 1.49. The van der Waals surface area contributed by atoms with Crippen LogP contribution in [0.5, 0.6) is 0 Å². The molecule has 0 radical (unpaired) electrons. The molecular weight excluding hydrogens is 438 g/mol. The van der Waals surface area contributed by atoms with Crippen molar-refractivity contribution in [1.82, 2.24) is 15.6 Å². The number of nitrogens with one attached hydrogen (secondary N) is 2. The first-order valence-electron chi connectivity index (χ1n) is 7.71. The van der Waals surface area contributed by atoms with Crippen LogP contribution < -0.4 is 10.6 Å². The third-order valence-electron chi connectivity index (χ3n) is 3.57. The van der Waals surface area contributed by atoms with Crippen LogP contribution in [0.25, 0.3) is 0 Å². The van der Waals surface area contributed by atoms with Gasteiger partial charge in [-0.1, -0.05) is 18.2 Å². The van der Waals surface area contributed by atoms with Gasteiger partial charge in [-0.05, 0) is 31.9 Å².